The Morgan fingerprint density at radius 3 is 1.81 bits per heavy atom. The quantitative estimate of drug-likeness (QED) is 0.730. The molecule has 0 aliphatic heterocycles. The van der Waals surface area contributed by atoms with Crippen molar-refractivity contribution in [3.8, 4) is 0 Å². The Bertz CT molecular complexity index is 153. The lowest BCUT2D eigenvalue weighted by molar-refractivity contribution is -0.122. The van der Waals surface area contributed by atoms with Gasteiger partial charge in [0, 0.05) is 6.54 Å². The third-order valence-electron chi connectivity index (χ3n) is 1.62. The first-order valence-electron chi connectivity index (χ1n) is 6.35. The average Bonchev–Trinajstić information content (AvgIpc) is 2.29. The lowest BCUT2D eigenvalue weighted by Gasteiger charge is -2.25. The third-order valence-corrected chi connectivity index (χ3v) is 2.63. The number of thiol groups is 1. The van der Waals surface area contributed by atoms with Crippen molar-refractivity contribution >= 4 is 18.5 Å². The van der Waals surface area contributed by atoms with Crippen LogP contribution in [0.15, 0.2) is 0 Å². The Morgan fingerprint density at radius 1 is 1.19 bits per heavy atom. The lowest BCUT2D eigenvalue weighted by atomic mass is 9.91. The summed E-state index contributed by atoms with van der Waals surface area (Å²) in [6.45, 7) is 16.8. The molecule has 0 fully saturated rings. The first-order valence-corrected chi connectivity index (χ1v) is 6.87. The number of hydrogen-bond acceptors (Lipinski definition) is 2. The van der Waals surface area contributed by atoms with Crippen molar-refractivity contribution in [3.05, 3.63) is 0 Å². The molecule has 0 aromatic carbocycles. The Labute approximate surface area is 108 Å². The molecule has 1 N–H and O–H groups in total. The maximum Gasteiger partial charge on any atom is 0.233 e. The first kappa shape index (κ1) is 21.1. The number of amides is 1. The minimum absolute atomic E-state index is 0.0349. The highest BCUT2D eigenvalue weighted by atomic mass is 32.1. The predicted octanol–water partition coefficient (Wildman–Crippen LogP) is 3.91. The second kappa shape index (κ2) is 12.9. The van der Waals surface area contributed by atoms with Crippen molar-refractivity contribution in [2.24, 2.45) is 5.41 Å². The van der Waals surface area contributed by atoms with Gasteiger partial charge in [-0.05, 0) is 11.8 Å². The SMILES string of the molecule is CC.CC.CCCNC(=O)C(S)C(C)(C)C. The summed E-state index contributed by atoms with van der Waals surface area (Å²) >= 11 is 4.27. The summed E-state index contributed by atoms with van der Waals surface area (Å²) in [7, 11) is 0. The summed E-state index contributed by atoms with van der Waals surface area (Å²) in [5.74, 6) is 0.0349. The van der Waals surface area contributed by atoms with Gasteiger partial charge in [0.25, 0.3) is 0 Å². The summed E-state index contributed by atoms with van der Waals surface area (Å²) in [5, 5.41) is 2.60. The fourth-order valence-corrected chi connectivity index (χ4v) is 0.829. The van der Waals surface area contributed by atoms with Gasteiger partial charge in [-0.1, -0.05) is 55.4 Å². The van der Waals surface area contributed by atoms with Crippen LogP contribution in [0.5, 0.6) is 0 Å². The number of rotatable bonds is 3. The Kier molecular flexibility index (Phi) is 17.0. The Hall–Kier alpha value is -0.180. The van der Waals surface area contributed by atoms with Crippen LogP contribution >= 0.6 is 12.6 Å². The molecule has 0 saturated heterocycles. The molecular weight excluding hydrogens is 218 g/mol. The van der Waals surface area contributed by atoms with E-state index in [9.17, 15) is 4.79 Å². The van der Waals surface area contributed by atoms with Gasteiger partial charge in [0.2, 0.25) is 5.91 Å². The van der Waals surface area contributed by atoms with Crippen molar-refractivity contribution in [1.82, 2.24) is 5.32 Å². The molecule has 0 aliphatic rings. The molecule has 0 rings (SSSR count). The number of hydrogen-bond donors (Lipinski definition) is 2. The largest absolute Gasteiger partial charge is 0.355 e. The Morgan fingerprint density at radius 2 is 1.56 bits per heavy atom. The highest BCUT2D eigenvalue weighted by molar-refractivity contribution is 7.81. The van der Waals surface area contributed by atoms with E-state index in [0.717, 1.165) is 13.0 Å². The van der Waals surface area contributed by atoms with Gasteiger partial charge in [-0.25, -0.2) is 0 Å². The van der Waals surface area contributed by atoms with Gasteiger partial charge < -0.3 is 5.32 Å². The zero-order chi connectivity index (χ0) is 13.8. The summed E-state index contributed by atoms with van der Waals surface area (Å²) in [4.78, 5) is 11.4. The maximum atomic E-state index is 11.4. The molecule has 0 spiro atoms. The van der Waals surface area contributed by atoms with E-state index in [1.807, 2.05) is 55.4 Å². The molecule has 0 saturated carbocycles. The van der Waals surface area contributed by atoms with Crippen LogP contribution in [0.25, 0.3) is 0 Å². The van der Waals surface area contributed by atoms with Crippen LogP contribution in [-0.4, -0.2) is 17.7 Å². The molecule has 16 heavy (non-hydrogen) atoms. The van der Waals surface area contributed by atoms with E-state index in [1.54, 1.807) is 0 Å². The summed E-state index contributed by atoms with van der Waals surface area (Å²) < 4.78 is 0. The fraction of sp³-hybridized carbons (Fsp3) is 0.923. The normalized spacial score (nSPS) is 11.3. The molecule has 100 valence electrons. The van der Waals surface area contributed by atoms with E-state index in [2.05, 4.69) is 17.9 Å². The van der Waals surface area contributed by atoms with Gasteiger partial charge >= 0.3 is 0 Å². The molecule has 0 aliphatic carbocycles. The molecule has 0 aromatic rings. The maximum absolute atomic E-state index is 11.4. The van der Waals surface area contributed by atoms with Gasteiger partial charge in [0.05, 0.1) is 5.25 Å². The third kappa shape index (κ3) is 11.9. The smallest absolute Gasteiger partial charge is 0.233 e. The molecule has 1 unspecified atom stereocenters. The zero-order valence-electron chi connectivity index (χ0n) is 12.3. The van der Waals surface area contributed by atoms with Gasteiger partial charge in [0.1, 0.15) is 0 Å². The zero-order valence-corrected chi connectivity index (χ0v) is 13.2. The topological polar surface area (TPSA) is 29.1 Å². The standard InChI is InChI=1S/C9H19NOS.2C2H6/c1-5-6-10-8(11)7(12)9(2,3)4;2*1-2/h7,12H,5-6H2,1-4H3,(H,10,11);2*1-2H3. The molecule has 0 aromatic heterocycles. The highest BCUT2D eigenvalue weighted by Gasteiger charge is 2.27. The predicted molar refractivity (Wildman–Crippen MR) is 78.2 cm³/mol. The van der Waals surface area contributed by atoms with Crippen molar-refractivity contribution in [3.63, 3.8) is 0 Å². The van der Waals surface area contributed by atoms with Crippen LogP contribution in [0.3, 0.4) is 0 Å². The molecule has 0 heterocycles. The molecule has 0 bridgehead atoms. The molecule has 0 radical (unpaired) electrons. The van der Waals surface area contributed by atoms with Crippen LogP contribution < -0.4 is 5.32 Å². The van der Waals surface area contributed by atoms with Crippen LogP contribution in [0.1, 0.15) is 61.8 Å². The molecule has 3 heteroatoms. The summed E-state index contributed by atoms with van der Waals surface area (Å²) in [5.41, 5.74) is -0.0685. The molecule has 1 amide bonds. The first-order chi connectivity index (χ1) is 7.39. The summed E-state index contributed by atoms with van der Waals surface area (Å²) in [6.07, 6.45) is 0.969. The van der Waals surface area contributed by atoms with Gasteiger partial charge in [-0.15, -0.1) is 0 Å². The van der Waals surface area contributed by atoms with E-state index in [0.29, 0.717) is 0 Å². The van der Waals surface area contributed by atoms with Gasteiger partial charge in [0.15, 0.2) is 0 Å². The molecule has 1 atom stereocenters. The fourth-order valence-electron chi connectivity index (χ4n) is 0.738. The van der Waals surface area contributed by atoms with Crippen molar-refractivity contribution < 1.29 is 4.79 Å². The van der Waals surface area contributed by atoms with E-state index >= 15 is 0 Å². The average molecular weight is 249 g/mol. The van der Waals surface area contributed by atoms with E-state index in [1.165, 1.54) is 0 Å². The second-order valence-electron chi connectivity index (χ2n) is 4.06. The van der Waals surface area contributed by atoms with Gasteiger partial charge in [-0.2, -0.15) is 12.6 Å². The van der Waals surface area contributed by atoms with Crippen molar-refractivity contribution in [2.45, 2.75) is 67.1 Å². The van der Waals surface area contributed by atoms with E-state index < -0.39 is 0 Å². The minimum Gasteiger partial charge on any atom is -0.355 e. The van der Waals surface area contributed by atoms with E-state index in [-0.39, 0.29) is 16.6 Å². The Balaban J connectivity index is -0.000000376. The second-order valence-corrected chi connectivity index (χ2v) is 4.58. The highest BCUT2D eigenvalue weighted by Crippen LogP contribution is 2.23. The van der Waals surface area contributed by atoms with Crippen LogP contribution in [0.4, 0.5) is 0 Å². The monoisotopic (exact) mass is 249 g/mol. The van der Waals surface area contributed by atoms with Crippen molar-refractivity contribution in [1.29, 1.82) is 0 Å². The van der Waals surface area contributed by atoms with Crippen molar-refractivity contribution in [2.75, 3.05) is 6.54 Å². The van der Waals surface area contributed by atoms with Gasteiger partial charge in [-0.3, -0.25) is 4.79 Å². The molecular formula is C13H31NOS. The number of carbonyl (C=O) groups excluding carboxylic acids is 1. The lowest BCUT2D eigenvalue weighted by Crippen LogP contribution is -2.39. The number of carbonyl (C=O) groups is 1. The summed E-state index contributed by atoms with van der Waals surface area (Å²) in [6, 6.07) is 0. The number of nitrogens with one attached hydrogen (secondary N) is 1. The van der Waals surface area contributed by atoms with Crippen LogP contribution in [0, 0.1) is 5.41 Å². The van der Waals surface area contributed by atoms with E-state index in [4.69, 9.17) is 0 Å². The minimum atomic E-state index is -0.218. The molecule has 2 nitrogen and oxygen atoms in total. The van der Waals surface area contributed by atoms with Crippen LogP contribution in [-0.2, 0) is 4.79 Å². The van der Waals surface area contributed by atoms with Crippen LogP contribution in [0.2, 0.25) is 0 Å².